The highest BCUT2D eigenvalue weighted by Gasteiger charge is 2.23. The van der Waals surface area contributed by atoms with Crippen LogP contribution in [0.15, 0.2) is 84.9 Å². The third-order valence-electron chi connectivity index (χ3n) is 5.82. The second-order valence-electron chi connectivity index (χ2n) is 9.11. The maximum absolute atomic E-state index is 14.3. The molecule has 0 aliphatic heterocycles. The highest BCUT2D eigenvalue weighted by atomic mass is 19.1. The van der Waals surface area contributed by atoms with Crippen LogP contribution < -0.4 is 5.32 Å². The molecule has 0 saturated carbocycles. The second-order valence-corrected chi connectivity index (χ2v) is 9.11. The molecule has 0 aliphatic carbocycles. The standard InChI is InChI=1S/C29H28F2N4O2/c1-20(2)16-17-34(29(37)24-10-6-7-11-25(24)31)19-28(36)32-27-18-26(21-8-4-3-5-9-21)33-35(27)23-14-12-22(30)13-15-23/h3-15,18,20H,16-17,19H2,1-2H3,(H,32,36). The van der Waals surface area contributed by atoms with Crippen molar-refractivity contribution in [3.63, 3.8) is 0 Å². The number of anilines is 1. The van der Waals surface area contributed by atoms with Gasteiger partial charge in [0, 0.05) is 18.2 Å². The lowest BCUT2D eigenvalue weighted by Crippen LogP contribution is -2.39. The first kappa shape index (κ1) is 25.8. The lowest BCUT2D eigenvalue weighted by molar-refractivity contribution is -0.117. The first-order valence-corrected chi connectivity index (χ1v) is 12.1. The van der Waals surface area contributed by atoms with Gasteiger partial charge in [-0.2, -0.15) is 5.10 Å². The molecule has 0 fully saturated rings. The molecule has 6 nitrogen and oxygen atoms in total. The Morgan fingerprint density at radius 3 is 2.30 bits per heavy atom. The SMILES string of the molecule is CC(C)CCN(CC(=O)Nc1cc(-c2ccccc2)nn1-c1ccc(F)cc1)C(=O)c1ccccc1F. The van der Waals surface area contributed by atoms with E-state index < -0.39 is 23.4 Å². The fourth-order valence-electron chi connectivity index (χ4n) is 3.83. The number of halogens is 2. The Morgan fingerprint density at radius 1 is 0.946 bits per heavy atom. The van der Waals surface area contributed by atoms with Crippen molar-refractivity contribution in [3.05, 3.63) is 102 Å². The van der Waals surface area contributed by atoms with E-state index in [9.17, 15) is 18.4 Å². The van der Waals surface area contributed by atoms with Gasteiger partial charge in [0.05, 0.1) is 16.9 Å². The summed E-state index contributed by atoms with van der Waals surface area (Å²) in [6, 6.07) is 22.6. The number of rotatable bonds is 9. The molecule has 4 aromatic rings. The van der Waals surface area contributed by atoms with Crippen LogP contribution in [0, 0.1) is 17.6 Å². The van der Waals surface area contributed by atoms with E-state index in [4.69, 9.17) is 0 Å². The molecule has 0 saturated heterocycles. The number of nitrogens with zero attached hydrogens (tertiary/aromatic N) is 3. The molecule has 3 aromatic carbocycles. The smallest absolute Gasteiger partial charge is 0.257 e. The summed E-state index contributed by atoms with van der Waals surface area (Å²) in [6.07, 6.45) is 0.652. The molecule has 0 unspecified atom stereocenters. The first-order valence-electron chi connectivity index (χ1n) is 12.1. The zero-order chi connectivity index (χ0) is 26.4. The van der Waals surface area contributed by atoms with Crippen molar-refractivity contribution < 1.29 is 18.4 Å². The van der Waals surface area contributed by atoms with Crippen molar-refractivity contribution in [2.45, 2.75) is 20.3 Å². The van der Waals surface area contributed by atoms with Crippen LogP contribution in [0.25, 0.3) is 16.9 Å². The summed E-state index contributed by atoms with van der Waals surface area (Å²) >= 11 is 0. The lowest BCUT2D eigenvalue weighted by Gasteiger charge is -2.23. The molecule has 190 valence electrons. The molecule has 37 heavy (non-hydrogen) atoms. The predicted molar refractivity (Wildman–Crippen MR) is 139 cm³/mol. The Labute approximate surface area is 214 Å². The summed E-state index contributed by atoms with van der Waals surface area (Å²) in [5, 5.41) is 7.45. The van der Waals surface area contributed by atoms with Crippen LogP contribution in [-0.2, 0) is 4.79 Å². The molecule has 0 spiro atoms. The van der Waals surface area contributed by atoms with E-state index in [2.05, 4.69) is 10.4 Å². The van der Waals surface area contributed by atoms with Crippen molar-refractivity contribution in [2.75, 3.05) is 18.4 Å². The molecule has 0 bridgehead atoms. The van der Waals surface area contributed by atoms with Gasteiger partial charge >= 0.3 is 0 Å². The number of benzene rings is 3. The van der Waals surface area contributed by atoms with E-state index in [-0.39, 0.29) is 18.0 Å². The molecule has 0 radical (unpaired) electrons. The van der Waals surface area contributed by atoms with Gasteiger partial charge in [0.25, 0.3) is 5.91 Å². The largest absolute Gasteiger partial charge is 0.329 e. The van der Waals surface area contributed by atoms with E-state index in [0.29, 0.717) is 30.2 Å². The van der Waals surface area contributed by atoms with E-state index in [1.54, 1.807) is 24.3 Å². The average Bonchev–Trinajstić information content (AvgIpc) is 3.31. The zero-order valence-electron chi connectivity index (χ0n) is 20.7. The second kappa shape index (κ2) is 11.6. The maximum Gasteiger partial charge on any atom is 0.257 e. The summed E-state index contributed by atoms with van der Waals surface area (Å²) in [7, 11) is 0. The van der Waals surface area contributed by atoms with Crippen molar-refractivity contribution in [1.29, 1.82) is 0 Å². The number of aromatic nitrogens is 2. The number of carbonyl (C=O) groups is 2. The summed E-state index contributed by atoms with van der Waals surface area (Å²) in [4.78, 5) is 27.7. The number of nitrogens with one attached hydrogen (secondary N) is 1. The molecule has 4 rings (SSSR count). The van der Waals surface area contributed by atoms with Crippen LogP contribution in [0.1, 0.15) is 30.6 Å². The number of hydrogen-bond acceptors (Lipinski definition) is 3. The minimum atomic E-state index is -0.635. The fourth-order valence-corrected chi connectivity index (χ4v) is 3.83. The Balaban J connectivity index is 1.61. The van der Waals surface area contributed by atoms with Crippen LogP contribution in [0.4, 0.5) is 14.6 Å². The van der Waals surface area contributed by atoms with Gasteiger partial charge in [-0.25, -0.2) is 13.5 Å². The van der Waals surface area contributed by atoms with Crippen LogP contribution in [-0.4, -0.2) is 39.6 Å². The monoisotopic (exact) mass is 502 g/mol. The normalized spacial score (nSPS) is 10.9. The lowest BCUT2D eigenvalue weighted by atomic mass is 10.1. The van der Waals surface area contributed by atoms with Crippen molar-refractivity contribution >= 4 is 17.6 Å². The topological polar surface area (TPSA) is 67.2 Å². The molecule has 0 atom stereocenters. The first-order chi connectivity index (χ1) is 17.8. The minimum Gasteiger partial charge on any atom is -0.329 e. The molecular formula is C29H28F2N4O2. The molecule has 1 aromatic heterocycles. The van der Waals surface area contributed by atoms with Gasteiger partial charge in [-0.15, -0.1) is 0 Å². The number of hydrogen-bond donors (Lipinski definition) is 1. The quantitative estimate of drug-likeness (QED) is 0.308. The number of amides is 2. The molecule has 1 N–H and O–H groups in total. The van der Waals surface area contributed by atoms with Crippen molar-refractivity contribution in [3.8, 4) is 16.9 Å². The predicted octanol–water partition coefficient (Wildman–Crippen LogP) is 5.94. The number of carbonyl (C=O) groups excluding carboxylic acids is 2. The average molecular weight is 503 g/mol. The van der Waals surface area contributed by atoms with Gasteiger partial charge in [0.15, 0.2) is 0 Å². The third-order valence-corrected chi connectivity index (χ3v) is 5.82. The molecule has 8 heteroatoms. The van der Waals surface area contributed by atoms with Crippen molar-refractivity contribution in [2.24, 2.45) is 5.92 Å². The summed E-state index contributed by atoms with van der Waals surface area (Å²) < 4.78 is 29.4. The highest BCUT2D eigenvalue weighted by molar-refractivity contribution is 5.99. The Morgan fingerprint density at radius 2 is 1.62 bits per heavy atom. The summed E-state index contributed by atoms with van der Waals surface area (Å²) in [5.41, 5.74) is 1.92. The summed E-state index contributed by atoms with van der Waals surface area (Å²) in [5.74, 6) is -1.39. The fraction of sp³-hybridized carbons (Fsp3) is 0.207. The van der Waals surface area contributed by atoms with Gasteiger partial charge in [-0.1, -0.05) is 56.3 Å². The van der Waals surface area contributed by atoms with Gasteiger partial charge in [0.2, 0.25) is 5.91 Å². The molecule has 2 amide bonds. The Hall–Kier alpha value is -4.33. The van der Waals surface area contributed by atoms with E-state index in [1.807, 2.05) is 44.2 Å². The highest BCUT2D eigenvalue weighted by Crippen LogP contribution is 2.25. The molecule has 0 aliphatic rings. The van der Waals surface area contributed by atoms with Gasteiger partial charge < -0.3 is 10.2 Å². The van der Waals surface area contributed by atoms with E-state index >= 15 is 0 Å². The van der Waals surface area contributed by atoms with Crippen molar-refractivity contribution in [1.82, 2.24) is 14.7 Å². The van der Waals surface area contributed by atoms with Crippen LogP contribution in [0.2, 0.25) is 0 Å². The Bertz CT molecular complexity index is 1370. The molecule has 1 heterocycles. The summed E-state index contributed by atoms with van der Waals surface area (Å²) in [6.45, 7) is 4.05. The van der Waals surface area contributed by atoms with E-state index in [0.717, 1.165) is 5.56 Å². The third kappa shape index (κ3) is 6.46. The van der Waals surface area contributed by atoms with Gasteiger partial charge in [0.1, 0.15) is 24.0 Å². The Kier molecular flexibility index (Phi) is 8.08. The zero-order valence-corrected chi connectivity index (χ0v) is 20.7. The van der Waals surface area contributed by atoms with Gasteiger partial charge in [-0.05, 0) is 48.7 Å². The molecular weight excluding hydrogens is 474 g/mol. The van der Waals surface area contributed by atoms with Crippen LogP contribution in [0.3, 0.4) is 0 Å². The van der Waals surface area contributed by atoms with E-state index in [1.165, 1.54) is 39.9 Å². The van der Waals surface area contributed by atoms with Gasteiger partial charge in [-0.3, -0.25) is 9.59 Å². The minimum absolute atomic E-state index is 0.0817. The van der Waals surface area contributed by atoms with Crippen LogP contribution in [0.5, 0.6) is 0 Å². The van der Waals surface area contributed by atoms with Crippen LogP contribution >= 0.6 is 0 Å². The maximum atomic E-state index is 14.3.